The number of thiazole rings is 1. The number of carboxylic acids is 1. The van der Waals surface area contributed by atoms with Crippen molar-refractivity contribution in [3.05, 3.63) is 79.9 Å². The number of hydrogen-bond donors (Lipinski definition) is 2. The summed E-state index contributed by atoms with van der Waals surface area (Å²) < 4.78 is 47.7. The molecule has 2 aliphatic heterocycles. The highest BCUT2D eigenvalue weighted by Gasteiger charge is 2.38. The zero-order chi connectivity index (χ0) is 29.3. The number of carbonyl (C=O) groups is 2. The highest BCUT2D eigenvalue weighted by atomic mass is 35.5. The molecule has 4 heterocycles. The van der Waals surface area contributed by atoms with E-state index in [1.807, 2.05) is 0 Å². The zero-order valence-corrected chi connectivity index (χ0v) is 23.0. The Hall–Kier alpha value is -4.04. The number of halogens is 4. The van der Waals surface area contributed by atoms with Gasteiger partial charge >= 0.3 is 11.9 Å². The maximum atomic E-state index is 14.6. The number of nitrogens with zero attached hydrogens (tertiary/aromatic N) is 5. The van der Waals surface area contributed by atoms with Crippen LogP contribution in [-0.2, 0) is 9.53 Å². The fourth-order valence-corrected chi connectivity index (χ4v) is 5.62. The monoisotopic (exact) mass is 606 g/mol. The van der Waals surface area contributed by atoms with Gasteiger partial charge < -0.3 is 20.1 Å². The Morgan fingerprint density at radius 3 is 2.61 bits per heavy atom. The number of aliphatic imine (C=N–C) groups is 1. The molecule has 0 aliphatic carbocycles. The highest BCUT2D eigenvalue weighted by molar-refractivity contribution is 7.11. The second kappa shape index (κ2) is 11.8. The van der Waals surface area contributed by atoms with Crippen molar-refractivity contribution >= 4 is 46.7 Å². The Morgan fingerprint density at radius 2 is 1.95 bits per heavy atom. The minimum absolute atomic E-state index is 0.0587. The number of aromatic carboxylic acids is 1. The fourth-order valence-electron chi connectivity index (χ4n) is 4.77. The SMILES string of the molecule is CCOC(=O)C1=C(C2CCN(c3ncc(F)c(C(=O)O)n3)CC2)NC(c2nccs2)=NC1c1ccc(F)c(F)c1Cl. The molecule has 1 atom stereocenters. The van der Waals surface area contributed by atoms with Crippen molar-refractivity contribution in [3.63, 3.8) is 0 Å². The van der Waals surface area contributed by atoms with E-state index in [4.69, 9.17) is 16.3 Å². The summed E-state index contributed by atoms with van der Waals surface area (Å²) >= 11 is 7.53. The number of ether oxygens (including phenoxy) is 1. The average molecular weight is 607 g/mol. The molecule has 0 saturated carbocycles. The van der Waals surface area contributed by atoms with E-state index in [0.29, 0.717) is 42.5 Å². The van der Waals surface area contributed by atoms with Crippen molar-refractivity contribution in [2.75, 3.05) is 24.6 Å². The summed E-state index contributed by atoms with van der Waals surface area (Å²) in [5.74, 6) is -5.53. The van der Waals surface area contributed by atoms with Gasteiger partial charge in [-0.25, -0.2) is 37.7 Å². The Balaban J connectivity index is 1.54. The average Bonchev–Trinajstić information content (AvgIpc) is 3.51. The van der Waals surface area contributed by atoms with Gasteiger partial charge in [-0.05, 0) is 25.8 Å². The number of allylic oxidation sites excluding steroid dienone is 1. The number of rotatable bonds is 7. The smallest absolute Gasteiger partial charge is 0.357 e. The number of amidine groups is 1. The molecule has 1 aromatic carbocycles. The Morgan fingerprint density at radius 1 is 1.20 bits per heavy atom. The predicted molar refractivity (Wildman–Crippen MR) is 143 cm³/mol. The van der Waals surface area contributed by atoms with Crippen LogP contribution in [0, 0.1) is 23.4 Å². The molecule has 0 spiro atoms. The molecule has 2 aliphatic rings. The third kappa shape index (κ3) is 5.61. The van der Waals surface area contributed by atoms with Crippen LogP contribution in [0.3, 0.4) is 0 Å². The van der Waals surface area contributed by atoms with Crippen LogP contribution in [0.15, 0.2) is 46.2 Å². The summed E-state index contributed by atoms with van der Waals surface area (Å²) in [5.41, 5.74) is -0.0704. The Labute approximate surface area is 240 Å². The first-order valence-corrected chi connectivity index (χ1v) is 13.7. The molecule has 214 valence electrons. The molecule has 0 amide bonds. The lowest BCUT2D eigenvalue weighted by Gasteiger charge is -2.36. The van der Waals surface area contributed by atoms with Gasteiger partial charge in [-0.2, -0.15) is 0 Å². The fraction of sp³-hybridized carbons (Fsp3) is 0.308. The topological polar surface area (TPSA) is 130 Å². The van der Waals surface area contributed by atoms with Crippen LogP contribution in [0.5, 0.6) is 0 Å². The first kappa shape index (κ1) is 28.5. The van der Waals surface area contributed by atoms with Crippen molar-refractivity contribution < 1.29 is 32.6 Å². The van der Waals surface area contributed by atoms with Crippen LogP contribution in [0.4, 0.5) is 19.1 Å². The van der Waals surface area contributed by atoms with Crippen molar-refractivity contribution in [1.29, 1.82) is 0 Å². The van der Waals surface area contributed by atoms with Gasteiger partial charge in [0.25, 0.3) is 0 Å². The molecule has 1 unspecified atom stereocenters. The molecule has 10 nitrogen and oxygen atoms in total. The summed E-state index contributed by atoms with van der Waals surface area (Å²) in [6.07, 6.45) is 3.28. The number of carboxylic acid groups (broad SMARTS) is 1. The van der Waals surface area contributed by atoms with Crippen LogP contribution in [0.25, 0.3) is 0 Å². The van der Waals surface area contributed by atoms with Gasteiger partial charge in [-0.1, -0.05) is 17.7 Å². The first-order valence-electron chi connectivity index (χ1n) is 12.5. The summed E-state index contributed by atoms with van der Waals surface area (Å²) in [6.45, 7) is 2.39. The standard InChI is InChI=1S/C26H22ClF3N6O4S/c1-2-40-25(39)16-19(12-5-8-36(9-6-12)26-32-11-15(29)21(35-26)24(37)38)33-22(23-31-7-10-41-23)34-20(16)13-3-4-14(28)18(30)17(13)27/h3-4,7,10-12,20H,2,5-6,8-9H2,1H3,(H,33,34)(H,37,38). The molecular formula is C26H22ClF3N6O4S. The summed E-state index contributed by atoms with van der Waals surface area (Å²) in [4.78, 5) is 43.2. The lowest BCUT2D eigenvalue weighted by Crippen LogP contribution is -2.42. The second-order valence-electron chi connectivity index (χ2n) is 9.09. The largest absolute Gasteiger partial charge is 0.476 e. The molecule has 0 bridgehead atoms. The van der Waals surface area contributed by atoms with E-state index in [2.05, 4.69) is 25.3 Å². The van der Waals surface area contributed by atoms with Gasteiger partial charge in [0.15, 0.2) is 34.0 Å². The zero-order valence-electron chi connectivity index (χ0n) is 21.4. The molecule has 2 N–H and O–H groups in total. The second-order valence-corrected chi connectivity index (χ2v) is 10.4. The van der Waals surface area contributed by atoms with Gasteiger partial charge in [0, 0.05) is 41.8 Å². The minimum Gasteiger partial charge on any atom is -0.476 e. The van der Waals surface area contributed by atoms with Crippen molar-refractivity contribution in [3.8, 4) is 0 Å². The van der Waals surface area contributed by atoms with E-state index >= 15 is 0 Å². The van der Waals surface area contributed by atoms with Gasteiger partial charge in [-0.15, -0.1) is 11.3 Å². The number of nitrogens with one attached hydrogen (secondary N) is 1. The van der Waals surface area contributed by atoms with Crippen LogP contribution in [0.2, 0.25) is 5.02 Å². The van der Waals surface area contributed by atoms with E-state index < -0.39 is 46.1 Å². The van der Waals surface area contributed by atoms with Crippen LogP contribution in [-0.4, -0.2) is 57.5 Å². The summed E-state index contributed by atoms with van der Waals surface area (Å²) in [5, 5.41) is 14.2. The van der Waals surface area contributed by atoms with Crippen molar-refractivity contribution in [2.45, 2.75) is 25.8 Å². The lowest BCUT2D eigenvalue weighted by molar-refractivity contribution is -0.139. The Kier molecular flexibility index (Phi) is 8.22. The van der Waals surface area contributed by atoms with Crippen molar-refractivity contribution in [2.24, 2.45) is 10.9 Å². The van der Waals surface area contributed by atoms with Gasteiger partial charge in [0.1, 0.15) is 6.04 Å². The molecule has 3 aromatic rings. The third-order valence-electron chi connectivity index (χ3n) is 6.68. The summed E-state index contributed by atoms with van der Waals surface area (Å²) in [7, 11) is 0. The van der Waals surface area contributed by atoms with Crippen LogP contribution in [0.1, 0.15) is 46.9 Å². The van der Waals surface area contributed by atoms with E-state index in [9.17, 15) is 27.9 Å². The lowest BCUT2D eigenvalue weighted by atomic mass is 9.85. The number of benzene rings is 1. The van der Waals surface area contributed by atoms with Crippen LogP contribution < -0.4 is 10.2 Å². The van der Waals surface area contributed by atoms with E-state index in [1.165, 1.54) is 17.4 Å². The molecule has 1 saturated heterocycles. The van der Waals surface area contributed by atoms with Gasteiger partial charge in [0.05, 0.1) is 23.4 Å². The first-order chi connectivity index (χ1) is 19.7. The third-order valence-corrected chi connectivity index (χ3v) is 7.85. The number of carbonyl (C=O) groups excluding carboxylic acids is 1. The Bertz CT molecular complexity index is 1560. The molecule has 5 rings (SSSR count). The predicted octanol–water partition coefficient (Wildman–Crippen LogP) is 4.53. The van der Waals surface area contributed by atoms with Crippen LogP contribution >= 0.6 is 22.9 Å². The quantitative estimate of drug-likeness (QED) is 0.294. The molecule has 41 heavy (non-hydrogen) atoms. The molecule has 2 aromatic heterocycles. The van der Waals surface area contributed by atoms with Crippen molar-refractivity contribution in [1.82, 2.24) is 20.3 Å². The van der Waals surface area contributed by atoms with E-state index in [0.717, 1.165) is 12.3 Å². The van der Waals surface area contributed by atoms with Gasteiger partial charge in [-0.3, -0.25) is 4.99 Å². The number of aromatic nitrogens is 3. The summed E-state index contributed by atoms with van der Waals surface area (Å²) in [6, 6.07) is 1.08. The molecule has 1 fully saturated rings. The van der Waals surface area contributed by atoms with Gasteiger partial charge in [0.2, 0.25) is 5.95 Å². The number of piperidine rings is 1. The molecular weight excluding hydrogens is 585 g/mol. The normalized spacial score (nSPS) is 17.7. The maximum Gasteiger partial charge on any atom is 0.357 e. The minimum atomic E-state index is -1.51. The molecule has 0 radical (unpaired) electrons. The van der Waals surface area contributed by atoms with E-state index in [1.54, 1.807) is 23.4 Å². The number of esters is 1. The maximum absolute atomic E-state index is 14.6. The number of anilines is 1. The van der Waals surface area contributed by atoms with E-state index in [-0.39, 0.29) is 29.6 Å². The number of hydrogen-bond acceptors (Lipinski definition) is 10. The molecule has 15 heteroatoms. The highest BCUT2D eigenvalue weighted by Crippen LogP contribution is 2.41.